The molecule has 2 aromatic carbocycles. The standard InChI is InChI=1S/C43H59N13O13S2/c44-12-2-1-3-26(38(64)49-18-34(60)53-30(19-70)40(66)48-16-32(45)58)54-43(69)31-20-71-21-35(61)52-28(14-23-6-10-25(57)11-7-23)41(67)55-27(13-22-4-8-24(9-5-22)37(46)47)39(65)50-17-33(59)51-29(15-36(62)63)42(68)56-31/h4-11,26-31,57,70H,1-3,12-21,44H2,(H2,45,58)(H3,46,47)(H,48,66)(H,49,64)(H,50,65)(H,51,59)(H,52,61)(H,53,60)(H,54,69)(H,55,67)(H,56,68)(H,62,63)/t26-,27+,28-,29+,30-,31+/m0/s1. The molecule has 0 aliphatic carbocycles. The molecule has 1 aliphatic rings. The van der Waals surface area contributed by atoms with E-state index in [2.05, 4.69) is 60.5 Å². The Bertz CT molecular complexity index is 2270. The van der Waals surface area contributed by atoms with Gasteiger partial charge in [0.15, 0.2) is 0 Å². The molecule has 1 saturated heterocycles. The van der Waals surface area contributed by atoms with Gasteiger partial charge < -0.3 is 75.3 Å². The van der Waals surface area contributed by atoms with Gasteiger partial charge in [-0.15, -0.1) is 11.8 Å². The Labute approximate surface area is 416 Å². The first-order chi connectivity index (χ1) is 33.7. The molecule has 26 nitrogen and oxygen atoms in total. The number of hydrogen-bond donors (Lipinski definition) is 16. The first kappa shape index (κ1) is 57.9. The number of amides is 10. The van der Waals surface area contributed by atoms with Gasteiger partial charge in [0, 0.05) is 29.9 Å². The van der Waals surface area contributed by atoms with Gasteiger partial charge in [0.2, 0.25) is 59.1 Å². The molecule has 28 heteroatoms. The number of unbranched alkanes of at least 4 members (excludes halogenated alkanes) is 1. The zero-order valence-electron chi connectivity index (χ0n) is 38.2. The molecular weight excluding hydrogens is 971 g/mol. The minimum atomic E-state index is -1.84. The lowest BCUT2D eigenvalue weighted by Crippen LogP contribution is -2.59. The number of aliphatic carboxylic acids is 1. The smallest absolute Gasteiger partial charge is 0.305 e. The Morgan fingerprint density at radius 3 is 1.92 bits per heavy atom. The molecule has 1 aliphatic heterocycles. The van der Waals surface area contributed by atoms with E-state index >= 15 is 0 Å². The second-order valence-corrected chi connectivity index (χ2v) is 17.3. The van der Waals surface area contributed by atoms with Gasteiger partial charge in [-0.3, -0.25) is 58.1 Å². The van der Waals surface area contributed by atoms with Crippen molar-refractivity contribution in [2.45, 2.75) is 74.8 Å². The minimum absolute atomic E-state index is 0.0394. The van der Waals surface area contributed by atoms with Crippen LogP contribution >= 0.6 is 24.4 Å². The summed E-state index contributed by atoms with van der Waals surface area (Å²) in [5, 5.41) is 48.8. The molecule has 0 saturated carbocycles. The normalized spacial score (nSPS) is 19.0. The molecule has 1 heterocycles. The summed E-state index contributed by atoms with van der Waals surface area (Å²) in [7, 11) is 0. The maximum Gasteiger partial charge on any atom is 0.305 e. The lowest BCUT2D eigenvalue weighted by atomic mass is 10.0. The highest BCUT2D eigenvalue weighted by Crippen LogP contribution is 2.14. The van der Waals surface area contributed by atoms with Crippen molar-refractivity contribution < 1.29 is 63.0 Å². The zero-order chi connectivity index (χ0) is 52.6. The molecule has 386 valence electrons. The first-order valence-electron chi connectivity index (χ1n) is 21.9. The van der Waals surface area contributed by atoms with Gasteiger partial charge in [-0.25, -0.2) is 0 Å². The lowest BCUT2D eigenvalue weighted by Gasteiger charge is -2.26. The predicted molar refractivity (Wildman–Crippen MR) is 259 cm³/mol. The van der Waals surface area contributed by atoms with Crippen LogP contribution in [-0.4, -0.2) is 161 Å². The van der Waals surface area contributed by atoms with Gasteiger partial charge in [0.05, 0.1) is 31.8 Å². The number of carboxylic acids is 1. The van der Waals surface area contributed by atoms with Crippen molar-refractivity contribution in [1.29, 1.82) is 5.41 Å². The van der Waals surface area contributed by atoms with E-state index in [4.69, 9.17) is 22.6 Å². The first-order valence-corrected chi connectivity index (χ1v) is 23.7. The number of phenolic OH excluding ortho intramolecular Hbond substituents is 1. The third-order valence-corrected chi connectivity index (χ3v) is 11.6. The van der Waals surface area contributed by atoms with Crippen molar-refractivity contribution in [1.82, 2.24) is 47.9 Å². The van der Waals surface area contributed by atoms with Crippen molar-refractivity contribution in [3.05, 3.63) is 65.2 Å². The highest BCUT2D eigenvalue weighted by atomic mass is 32.2. The van der Waals surface area contributed by atoms with E-state index in [1.165, 1.54) is 36.4 Å². The summed E-state index contributed by atoms with van der Waals surface area (Å²) in [6, 6.07) is 3.10. The van der Waals surface area contributed by atoms with E-state index in [-0.39, 0.29) is 49.6 Å². The van der Waals surface area contributed by atoms with Gasteiger partial charge in [0.25, 0.3) is 0 Å². The largest absolute Gasteiger partial charge is 0.508 e. The Hall–Kier alpha value is -7.46. The summed E-state index contributed by atoms with van der Waals surface area (Å²) in [5.41, 5.74) is 17.6. The molecule has 0 bridgehead atoms. The number of primary amides is 1. The Morgan fingerprint density at radius 2 is 1.32 bits per heavy atom. The summed E-state index contributed by atoms with van der Waals surface area (Å²) < 4.78 is 0. The van der Waals surface area contributed by atoms with E-state index in [0.717, 1.165) is 11.8 Å². The van der Waals surface area contributed by atoms with Crippen LogP contribution in [0.3, 0.4) is 0 Å². The summed E-state index contributed by atoms with van der Waals surface area (Å²) in [5.74, 6) is -12.0. The van der Waals surface area contributed by atoms with E-state index < -0.39 is 139 Å². The van der Waals surface area contributed by atoms with Gasteiger partial charge in [-0.05, 0) is 49.1 Å². The molecule has 0 spiro atoms. The molecule has 0 radical (unpaired) electrons. The lowest BCUT2D eigenvalue weighted by molar-refractivity contribution is -0.141. The van der Waals surface area contributed by atoms with Crippen LogP contribution in [0.15, 0.2) is 48.5 Å². The number of amidine groups is 1. The SMILES string of the molecule is N=C(N)c1ccc(C[C@H]2NC(=O)[C@H](Cc3ccc(O)cc3)NC(=O)CSC[C@H](C(=O)N[C@@H](CCCCN)C(=O)NCC(=O)N[C@@H](CS)C(=O)NCC(N)=O)NC(=O)[C@@H](CC(=O)O)NC(=O)CNC2=O)cc1. The molecule has 71 heavy (non-hydrogen) atoms. The fraction of sp³-hybridized carbons (Fsp3) is 0.442. The van der Waals surface area contributed by atoms with Gasteiger partial charge in [-0.1, -0.05) is 36.4 Å². The summed E-state index contributed by atoms with van der Waals surface area (Å²) in [4.78, 5) is 144. The van der Waals surface area contributed by atoms with Crippen LogP contribution in [0.2, 0.25) is 0 Å². The average Bonchev–Trinajstić information content (AvgIpc) is 3.32. The van der Waals surface area contributed by atoms with E-state index in [1.807, 2.05) is 0 Å². The minimum Gasteiger partial charge on any atom is -0.508 e. The predicted octanol–water partition coefficient (Wildman–Crippen LogP) is -5.52. The molecule has 6 atom stereocenters. The van der Waals surface area contributed by atoms with E-state index in [9.17, 15) is 63.0 Å². The van der Waals surface area contributed by atoms with E-state index in [0.29, 0.717) is 23.1 Å². The maximum atomic E-state index is 14.0. The van der Waals surface area contributed by atoms with Crippen molar-refractivity contribution in [2.24, 2.45) is 17.2 Å². The Balaban J connectivity index is 1.92. The zero-order valence-corrected chi connectivity index (χ0v) is 40.0. The number of phenols is 1. The number of nitrogen functional groups attached to an aromatic ring is 1. The third kappa shape index (κ3) is 21.0. The van der Waals surface area contributed by atoms with Crippen molar-refractivity contribution in [3.8, 4) is 5.75 Å². The molecule has 18 N–H and O–H groups in total. The number of aromatic hydroxyl groups is 1. The van der Waals surface area contributed by atoms with Crippen LogP contribution in [0, 0.1) is 5.41 Å². The topological polar surface area (TPSA) is 438 Å². The van der Waals surface area contributed by atoms with Crippen LogP contribution in [0.5, 0.6) is 5.75 Å². The summed E-state index contributed by atoms with van der Waals surface area (Å²) in [6.45, 7) is -1.83. The van der Waals surface area contributed by atoms with Crippen molar-refractivity contribution in [3.63, 3.8) is 0 Å². The van der Waals surface area contributed by atoms with Gasteiger partial charge in [0.1, 0.15) is 47.8 Å². The molecule has 0 unspecified atom stereocenters. The number of hydrogen-bond acceptors (Lipinski definition) is 16. The number of thiol groups is 1. The van der Waals surface area contributed by atoms with E-state index in [1.54, 1.807) is 12.1 Å². The number of nitrogens with two attached hydrogens (primary N) is 3. The van der Waals surface area contributed by atoms with Crippen molar-refractivity contribution >= 4 is 95.3 Å². The molecule has 2 aromatic rings. The number of carboxylic acid groups (broad SMARTS) is 1. The third-order valence-electron chi connectivity index (χ3n) is 10.2. The quantitative estimate of drug-likeness (QED) is 0.0240. The number of carbonyl (C=O) groups is 11. The summed E-state index contributed by atoms with van der Waals surface area (Å²) >= 11 is 4.81. The Morgan fingerprint density at radius 1 is 0.746 bits per heavy atom. The molecule has 10 amide bonds. The number of carbonyl (C=O) groups excluding carboxylic acids is 10. The average molecular weight is 1030 g/mol. The van der Waals surface area contributed by atoms with Crippen LogP contribution in [0.25, 0.3) is 0 Å². The van der Waals surface area contributed by atoms with Gasteiger partial charge >= 0.3 is 5.97 Å². The number of thioether (sulfide) groups is 1. The van der Waals surface area contributed by atoms with Crippen LogP contribution in [0.1, 0.15) is 42.4 Å². The fourth-order valence-electron chi connectivity index (χ4n) is 6.56. The monoisotopic (exact) mass is 1030 g/mol. The second-order valence-electron chi connectivity index (χ2n) is 15.9. The number of benzene rings is 2. The molecule has 0 aromatic heterocycles. The maximum absolute atomic E-state index is 14.0. The molecule has 1 fully saturated rings. The Kier molecular flexibility index (Phi) is 24.1. The number of nitrogens with one attached hydrogen (secondary N) is 10. The highest BCUT2D eigenvalue weighted by Gasteiger charge is 2.33. The summed E-state index contributed by atoms with van der Waals surface area (Å²) in [6.07, 6.45) is -0.665. The van der Waals surface area contributed by atoms with Crippen LogP contribution in [0.4, 0.5) is 0 Å². The molecule has 3 rings (SSSR count). The fourth-order valence-corrected chi connectivity index (χ4v) is 7.67. The van der Waals surface area contributed by atoms with Crippen molar-refractivity contribution in [2.75, 3.05) is 43.4 Å². The number of rotatable bonds is 21. The van der Waals surface area contributed by atoms with Crippen LogP contribution < -0.4 is 65.1 Å². The molecular formula is C43H59N13O13S2. The van der Waals surface area contributed by atoms with Gasteiger partial charge in [-0.2, -0.15) is 12.6 Å². The highest BCUT2D eigenvalue weighted by molar-refractivity contribution is 8.00. The second kappa shape index (κ2) is 29.5. The van der Waals surface area contributed by atoms with Crippen LogP contribution in [-0.2, 0) is 65.6 Å².